The molecule has 8 heteroatoms. The molecule has 0 saturated carbocycles. The van der Waals surface area contributed by atoms with Crippen LogP contribution in [0.1, 0.15) is 27.3 Å². The van der Waals surface area contributed by atoms with Crippen LogP contribution in [0.2, 0.25) is 0 Å². The molecule has 0 atom stereocenters. The van der Waals surface area contributed by atoms with Crippen LogP contribution < -0.4 is 0 Å². The van der Waals surface area contributed by atoms with Gasteiger partial charge in [-0.15, -0.1) is 0 Å². The summed E-state index contributed by atoms with van der Waals surface area (Å²) in [4.78, 5) is 39.6. The van der Waals surface area contributed by atoms with Crippen LogP contribution >= 0.6 is 12.2 Å². The number of nitrogens with zero attached hydrogens (tertiary/aromatic N) is 3. The predicted molar refractivity (Wildman–Crippen MR) is 113 cm³/mol. The zero-order valence-corrected chi connectivity index (χ0v) is 17.7. The van der Waals surface area contributed by atoms with Gasteiger partial charge in [-0.05, 0) is 62.0 Å². The number of benzene rings is 1. The van der Waals surface area contributed by atoms with Gasteiger partial charge in [-0.25, -0.2) is 4.79 Å². The molecule has 150 valence electrons. The zero-order valence-electron chi connectivity index (χ0n) is 16.8. The number of aryl methyl sites for hydroxylation is 1. The second-order valence-corrected chi connectivity index (χ2v) is 7.14. The Kier molecular flexibility index (Phi) is 5.39. The molecule has 0 bridgehead atoms. The number of ether oxygens (including phenoxy) is 1. The Morgan fingerprint density at radius 1 is 1.07 bits per heavy atom. The first-order valence-corrected chi connectivity index (χ1v) is 9.27. The van der Waals surface area contributed by atoms with Gasteiger partial charge in [0.05, 0.1) is 12.7 Å². The van der Waals surface area contributed by atoms with Gasteiger partial charge in [0.25, 0.3) is 11.8 Å². The fraction of sp³-hybridized carbons (Fsp3) is 0.238. The van der Waals surface area contributed by atoms with E-state index in [4.69, 9.17) is 17.0 Å². The van der Waals surface area contributed by atoms with E-state index in [1.54, 1.807) is 38.4 Å². The molecule has 1 aliphatic rings. The summed E-state index contributed by atoms with van der Waals surface area (Å²) >= 11 is 5.12. The summed E-state index contributed by atoms with van der Waals surface area (Å²) in [6, 6.07) is 8.96. The summed E-state index contributed by atoms with van der Waals surface area (Å²) in [6.07, 6.45) is 1.59. The Morgan fingerprint density at radius 3 is 2.28 bits per heavy atom. The third kappa shape index (κ3) is 3.47. The Bertz CT molecular complexity index is 1060. The molecule has 1 aromatic heterocycles. The fourth-order valence-corrected chi connectivity index (χ4v) is 3.52. The number of hydrogen-bond acceptors (Lipinski definition) is 5. The lowest BCUT2D eigenvalue weighted by molar-refractivity contribution is -0.132. The van der Waals surface area contributed by atoms with Gasteiger partial charge in [0, 0.05) is 31.2 Å². The van der Waals surface area contributed by atoms with E-state index in [2.05, 4.69) is 0 Å². The quantitative estimate of drug-likeness (QED) is 0.336. The van der Waals surface area contributed by atoms with Crippen LogP contribution in [0.4, 0.5) is 0 Å². The Labute approximate surface area is 174 Å². The largest absolute Gasteiger partial charge is 0.465 e. The maximum Gasteiger partial charge on any atom is 0.337 e. The van der Waals surface area contributed by atoms with Crippen molar-refractivity contribution in [3.05, 3.63) is 58.4 Å². The van der Waals surface area contributed by atoms with E-state index in [0.717, 1.165) is 22.6 Å². The Morgan fingerprint density at radius 2 is 1.69 bits per heavy atom. The predicted octanol–water partition coefficient (Wildman–Crippen LogP) is 2.48. The van der Waals surface area contributed by atoms with Crippen LogP contribution in [0, 0.1) is 13.8 Å². The fourth-order valence-electron chi connectivity index (χ4n) is 3.35. The van der Waals surface area contributed by atoms with Crippen molar-refractivity contribution >= 4 is 41.2 Å². The van der Waals surface area contributed by atoms with E-state index in [1.165, 1.54) is 16.9 Å². The third-order valence-corrected chi connectivity index (χ3v) is 5.49. The van der Waals surface area contributed by atoms with E-state index in [0.29, 0.717) is 5.56 Å². The summed E-state index contributed by atoms with van der Waals surface area (Å²) in [5, 5.41) is 0.169. The number of methoxy groups -OCH3 is 1. The van der Waals surface area contributed by atoms with Crippen molar-refractivity contribution in [3.63, 3.8) is 0 Å². The van der Waals surface area contributed by atoms with Crippen molar-refractivity contribution in [2.75, 3.05) is 21.2 Å². The molecule has 0 radical (unpaired) electrons. The SMILES string of the molecule is COC(=O)c1cccc(-n2c(C)cc(C=C3C(=O)N(C)C(=S)N(C)C3=O)c2C)c1. The highest BCUT2D eigenvalue weighted by atomic mass is 32.1. The average Bonchev–Trinajstić information content (AvgIpc) is 3.00. The average molecular weight is 411 g/mol. The van der Waals surface area contributed by atoms with Crippen molar-refractivity contribution in [1.82, 2.24) is 14.4 Å². The summed E-state index contributed by atoms with van der Waals surface area (Å²) in [6.45, 7) is 3.80. The van der Waals surface area contributed by atoms with Gasteiger partial charge in [-0.3, -0.25) is 19.4 Å². The van der Waals surface area contributed by atoms with Gasteiger partial charge in [0.1, 0.15) is 5.57 Å². The van der Waals surface area contributed by atoms with Crippen molar-refractivity contribution < 1.29 is 19.1 Å². The van der Waals surface area contributed by atoms with Crippen molar-refractivity contribution in [2.24, 2.45) is 0 Å². The molecule has 0 aliphatic carbocycles. The molecule has 2 aromatic rings. The molecule has 1 aliphatic heterocycles. The molecule has 2 amide bonds. The summed E-state index contributed by atoms with van der Waals surface area (Å²) in [7, 11) is 4.43. The topological polar surface area (TPSA) is 71.8 Å². The van der Waals surface area contributed by atoms with Gasteiger partial charge in [0.15, 0.2) is 5.11 Å². The smallest absolute Gasteiger partial charge is 0.337 e. The highest BCUT2D eigenvalue weighted by Gasteiger charge is 2.35. The number of aromatic nitrogens is 1. The number of carbonyl (C=O) groups is 3. The maximum absolute atomic E-state index is 12.6. The van der Waals surface area contributed by atoms with E-state index in [9.17, 15) is 14.4 Å². The van der Waals surface area contributed by atoms with E-state index < -0.39 is 17.8 Å². The Hall–Kier alpha value is -3.26. The molecule has 1 saturated heterocycles. The lowest BCUT2D eigenvalue weighted by Gasteiger charge is -2.31. The van der Waals surface area contributed by atoms with E-state index >= 15 is 0 Å². The van der Waals surface area contributed by atoms with E-state index in [-0.39, 0.29) is 10.7 Å². The van der Waals surface area contributed by atoms with Crippen LogP contribution in [-0.2, 0) is 14.3 Å². The number of carbonyl (C=O) groups excluding carboxylic acids is 3. The normalized spacial score (nSPS) is 14.5. The van der Waals surface area contributed by atoms with E-state index in [1.807, 2.05) is 30.5 Å². The lowest BCUT2D eigenvalue weighted by atomic mass is 10.1. The minimum Gasteiger partial charge on any atom is -0.465 e. The van der Waals surface area contributed by atoms with Crippen LogP contribution in [0.3, 0.4) is 0 Å². The molecule has 3 rings (SSSR count). The van der Waals surface area contributed by atoms with Crippen LogP contribution in [-0.4, -0.2) is 58.5 Å². The first kappa shape index (κ1) is 20.5. The maximum atomic E-state index is 12.6. The van der Waals surface area contributed by atoms with Crippen molar-refractivity contribution in [1.29, 1.82) is 0 Å². The van der Waals surface area contributed by atoms with Gasteiger partial charge in [-0.2, -0.15) is 0 Å². The zero-order chi connectivity index (χ0) is 21.5. The number of thiocarbonyl (C=S) groups is 1. The molecule has 0 spiro atoms. The lowest BCUT2D eigenvalue weighted by Crippen LogP contribution is -2.52. The summed E-state index contributed by atoms with van der Waals surface area (Å²) < 4.78 is 6.75. The summed E-state index contributed by atoms with van der Waals surface area (Å²) in [5.74, 6) is -1.29. The van der Waals surface area contributed by atoms with Gasteiger partial charge >= 0.3 is 5.97 Å². The second kappa shape index (κ2) is 7.63. The monoisotopic (exact) mass is 411 g/mol. The second-order valence-electron chi connectivity index (χ2n) is 6.77. The molecular formula is C21H21N3O4S. The number of hydrogen-bond donors (Lipinski definition) is 0. The third-order valence-electron chi connectivity index (χ3n) is 4.94. The number of rotatable bonds is 3. The Balaban J connectivity index is 2.08. The van der Waals surface area contributed by atoms with Gasteiger partial charge < -0.3 is 9.30 Å². The number of likely N-dealkylation sites (N-methyl/N-ethyl adjacent to an activating group) is 2. The first-order chi connectivity index (χ1) is 13.7. The molecule has 2 heterocycles. The molecular weight excluding hydrogens is 390 g/mol. The highest BCUT2D eigenvalue weighted by Crippen LogP contribution is 2.25. The highest BCUT2D eigenvalue weighted by molar-refractivity contribution is 7.80. The molecule has 0 N–H and O–H groups in total. The van der Waals surface area contributed by atoms with Crippen LogP contribution in [0.15, 0.2) is 35.9 Å². The van der Waals surface area contributed by atoms with Crippen LogP contribution in [0.25, 0.3) is 11.8 Å². The van der Waals surface area contributed by atoms with Gasteiger partial charge in [-0.1, -0.05) is 6.07 Å². The molecule has 1 aromatic carbocycles. The minimum atomic E-state index is -0.435. The first-order valence-electron chi connectivity index (χ1n) is 8.86. The van der Waals surface area contributed by atoms with Crippen LogP contribution in [0.5, 0.6) is 0 Å². The molecule has 0 unspecified atom stereocenters. The number of amides is 2. The van der Waals surface area contributed by atoms with Crippen molar-refractivity contribution in [2.45, 2.75) is 13.8 Å². The van der Waals surface area contributed by atoms with Crippen molar-refractivity contribution in [3.8, 4) is 5.69 Å². The molecule has 7 nitrogen and oxygen atoms in total. The number of esters is 1. The van der Waals surface area contributed by atoms with Gasteiger partial charge in [0.2, 0.25) is 0 Å². The molecule has 29 heavy (non-hydrogen) atoms. The molecule has 1 fully saturated rings. The standard InChI is InChI=1S/C21H21N3O4S/c1-12-9-15(11-17-18(25)22(3)21(29)23(4)19(17)26)13(2)24(12)16-8-6-7-14(10-16)20(27)28-5/h6-11H,1-5H3. The minimum absolute atomic E-state index is 0.0483. The summed E-state index contributed by atoms with van der Waals surface area (Å²) in [5.41, 5.74) is 3.72.